The Hall–Kier alpha value is -1.78. The second-order valence-electron chi connectivity index (χ2n) is 5.04. The Morgan fingerprint density at radius 2 is 1.91 bits per heavy atom. The summed E-state index contributed by atoms with van der Waals surface area (Å²) in [5.41, 5.74) is 3.89. The molecule has 2 aromatic rings. The van der Waals surface area contributed by atoms with Crippen LogP contribution in [-0.2, 0) is 17.1 Å². The van der Waals surface area contributed by atoms with E-state index in [1.54, 1.807) is 12.1 Å². The van der Waals surface area contributed by atoms with Crippen molar-refractivity contribution >= 4 is 17.7 Å². The third kappa shape index (κ3) is 4.36. The number of carbonyl (C=O) groups excluding carboxylic acids is 1. The first-order chi connectivity index (χ1) is 10.6. The van der Waals surface area contributed by atoms with Crippen LogP contribution in [0, 0.1) is 0 Å². The van der Waals surface area contributed by atoms with Crippen LogP contribution in [0.5, 0.6) is 0 Å². The number of methoxy groups -OCH3 is 1. The molecule has 0 saturated carbocycles. The number of aliphatic hydroxyl groups excluding tert-OH is 1. The average Bonchev–Trinajstić information content (AvgIpc) is 2.59. The van der Waals surface area contributed by atoms with Crippen molar-refractivity contribution in [2.24, 2.45) is 0 Å². The molecule has 2 aromatic carbocycles. The summed E-state index contributed by atoms with van der Waals surface area (Å²) in [5, 5.41) is 9.54. The highest BCUT2D eigenvalue weighted by Gasteiger charge is 2.08. The van der Waals surface area contributed by atoms with Crippen molar-refractivity contribution in [3.05, 3.63) is 70.8 Å². The van der Waals surface area contributed by atoms with Gasteiger partial charge in [0.15, 0.2) is 0 Å². The van der Waals surface area contributed by atoms with Gasteiger partial charge in [0.25, 0.3) is 0 Å². The lowest BCUT2D eigenvalue weighted by Gasteiger charge is -2.13. The number of thioether (sulfide) groups is 1. The van der Waals surface area contributed by atoms with Crippen molar-refractivity contribution in [2.75, 3.05) is 7.11 Å². The highest BCUT2D eigenvalue weighted by molar-refractivity contribution is 7.98. The summed E-state index contributed by atoms with van der Waals surface area (Å²) >= 11 is 1.82. The smallest absolute Gasteiger partial charge is 0.337 e. The minimum absolute atomic E-state index is 0.0697. The standard InChI is InChI=1S/C18H20O3S/c1-13(17-5-3-4-15(10-17)11-19)22-12-14-6-8-16(9-7-14)18(20)21-2/h3-10,13,19H,11-12H2,1-2H3. The average molecular weight is 316 g/mol. The van der Waals surface area contributed by atoms with Crippen LogP contribution in [0.15, 0.2) is 48.5 Å². The summed E-state index contributed by atoms with van der Waals surface area (Å²) in [6.07, 6.45) is 0. The van der Waals surface area contributed by atoms with Crippen LogP contribution in [0.2, 0.25) is 0 Å². The van der Waals surface area contributed by atoms with Gasteiger partial charge in [0.2, 0.25) is 0 Å². The van der Waals surface area contributed by atoms with Gasteiger partial charge in [-0.25, -0.2) is 4.79 Å². The monoisotopic (exact) mass is 316 g/mol. The lowest BCUT2D eigenvalue weighted by atomic mass is 10.1. The van der Waals surface area contributed by atoms with Crippen LogP contribution < -0.4 is 0 Å². The molecule has 4 heteroatoms. The number of hydrogen-bond donors (Lipinski definition) is 1. The molecule has 0 saturated heterocycles. The van der Waals surface area contributed by atoms with Gasteiger partial charge in [0, 0.05) is 11.0 Å². The zero-order valence-electron chi connectivity index (χ0n) is 12.8. The molecule has 0 radical (unpaired) electrons. The van der Waals surface area contributed by atoms with E-state index >= 15 is 0 Å². The Morgan fingerprint density at radius 3 is 2.55 bits per heavy atom. The molecule has 0 spiro atoms. The number of aliphatic hydroxyl groups is 1. The molecule has 0 aliphatic heterocycles. The molecule has 116 valence electrons. The molecule has 1 unspecified atom stereocenters. The van der Waals surface area contributed by atoms with Gasteiger partial charge in [-0.05, 0) is 35.7 Å². The van der Waals surface area contributed by atoms with Crippen LogP contribution in [0.25, 0.3) is 0 Å². The van der Waals surface area contributed by atoms with Crippen molar-refractivity contribution in [1.82, 2.24) is 0 Å². The van der Waals surface area contributed by atoms with Crippen LogP contribution in [-0.4, -0.2) is 18.2 Å². The van der Waals surface area contributed by atoms with Crippen LogP contribution in [0.4, 0.5) is 0 Å². The molecule has 0 bridgehead atoms. The van der Waals surface area contributed by atoms with Gasteiger partial charge < -0.3 is 9.84 Å². The molecular formula is C18H20O3S. The van der Waals surface area contributed by atoms with Crippen LogP contribution in [0.3, 0.4) is 0 Å². The van der Waals surface area contributed by atoms with E-state index in [1.807, 2.05) is 42.1 Å². The van der Waals surface area contributed by atoms with Crippen molar-refractivity contribution in [1.29, 1.82) is 0 Å². The zero-order chi connectivity index (χ0) is 15.9. The topological polar surface area (TPSA) is 46.5 Å². The highest BCUT2D eigenvalue weighted by Crippen LogP contribution is 2.31. The fourth-order valence-electron chi connectivity index (χ4n) is 2.12. The molecule has 0 heterocycles. The van der Waals surface area contributed by atoms with Crippen LogP contribution in [0.1, 0.15) is 39.2 Å². The van der Waals surface area contributed by atoms with Gasteiger partial charge in [-0.1, -0.05) is 36.4 Å². The lowest BCUT2D eigenvalue weighted by molar-refractivity contribution is 0.0600. The number of esters is 1. The maximum atomic E-state index is 11.4. The van der Waals surface area contributed by atoms with E-state index < -0.39 is 0 Å². The SMILES string of the molecule is COC(=O)c1ccc(CSC(C)c2cccc(CO)c2)cc1. The molecule has 0 aliphatic rings. The summed E-state index contributed by atoms with van der Waals surface area (Å²) in [4.78, 5) is 11.4. The van der Waals surface area contributed by atoms with Gasteiger partial charge in [-0.15, -0.1) is 11.8 Å². The molecule has 0 aromatic heterocycles. The van der Waals surface area contributed by atoms with Crippen LogP contribution >= 0.6 is 11.8 Å². The van der Waals surface area contributed by atoms with E-state index in [2.05, 4.69) is 17.7 Å². The molecule has 22 heavy (non-hydrogen) atoms. The van der Waals surface area contributed by atoms with E-state index in [0.29, 0.717) is 10.8 Å². The Labute approximate surface area is 135 Å². The first-order valence-corrected chi connectivity index (χ1v) is 8.17. The van der Waals surface area contributed by atoms with Gasteiger partial charge in [-0.2, -0.15) is 0 Å². The van der Waals surface area contributed by atoms with E-state index in [4.69, 9.17) is 0 Å². The second-order valence-corrected chi connectivity index (χ2v) is 6.37. The summed E-state index contributed by atoms with van der Waals surface area (Å²) in [6.45, 7) is 2.23. The summed E-state index contributed by atoms with van der Waals surface area (Å²) in [7, 11) is 1.38. The fourth-order valence-corrected chi connectivity index (χ4v) is 3.09. The van der Waals surface area contributed by atoms with Crippen molar-refractivity contribution < 1.29 is 14.6 Å². The predicted octanol–water partition coefficient (Wildman–Crippen LogP) is 3.96. The van der Waals surface area contributed by atoms with Gasteiger partial charge in [0.1, 0.15) is 0 Å². The maximum absolute atomic E-state index is 11.4. The quantitative estimate of drug-likeness (QED) is 0.819. The van der Waals surface area contributed by atoms with Crippen molar-refractivity contribution in [3.63, 3.8) is 0 Å². The fraction of sp³-hybridized carbons (Fsp3) is 0.278. The summed E-state index contributed by atoms with van der Waals surface area (Å²) in [5.74, 6) is 0.555. The van der Waals surface area contributed by atoms with Crippen molar-refractivity contribution in [2.45, 2.75) is 24.5 Å². The Bertz CT molecular complexity index is 622. The molecule has 0 fully saturated rings. The molecule has 2 rings (SSSR count). The van der Waals surface area contributed by atoms with E-state index in [9.17, 15) is 9.90 Å². The third-order valence-electron chi connectivity index (χ3n) is 3.48. The van der Waals surface area contributed by atoms with Crippen molar-refractivity contribution in [3.8, 4) is 0 Å². The number of rotatable bonds is 6. The first-order valence-electron chi connectivity index (χ1n) is 7.12. The zero-order valence-corrected chi connectivity index (χ0v) is 13.6. The summed E-state index contributed by atoms with van der Waals surface area (Å²) < 4.78 is 4.69. The maximum Gasteiger partial charge on any atom is 0.337 e. The molecule has 1 atom stereocenters. The molecule has 3 nitrogen and oxygen atoms in total. The molecule has 1 N–H and O–H groups in total. The predicted molar refractivity (Wildman–Crippen MR) is 89.9 cm³/mol. The second kappa shape index (κ2) is 8.01. The largest absolute Gasteiger partial charge is 0.465 e. The van der Waals surface area contributed by atoms with E-state index in [1.165, 1.54) is 18.2 Å². The van der Waals surface area contributed by atoms with E-state index in [-0.39, 0.29) is 12.6 Å². The first kappa shape index (κ1) is 16.6. The number of carbonyl (C=O) groups is 1. The Morgan fingerprint density at radius 1 is 1.18 bits per heavy atom. The minimum atomic E-state index is -0.312. The number of hydrogen-bond acceptors (Lipinski definition) is 4. The van der Waals surface area contributed by atoms with E-state index in [0.717, 1.165) is 11.3 Å². The molecule has 0 amide bonds. The molecular weight excluding hydrogens is 296 g/mol. The summed E-state index contributed by atoms with van der Waals surface area (Å²) in [6, 6.07) is 15.5. The highest BCUT2D eigenvalue weighted by atomic mass is 32.2. The molecule has 0 aliphatic carbocycles. The normalized spacial score (nSPS) is 12.0. The minimum Gasteiger partial charge on any atom is -0.465 e. The lowest BCUT2D eigenvalue weighted by Crippen LogP contribution is -2.00. The number of ether oxygens (including phenoxy) is 1. The van der Waals surface area contributed by atoms with Gasteiger partial charge >= 0.3 is 5.97 Å². The van der Waals surface area contributed by atoms with Gasteiger partial charge in [0.05, 0.1) is 19.3 Å². The Kier molecular flexibility index (Phi) is 6.04. The van der Waals surface area contributed by atoms with Gasteiger partial charge in [-0.3, -0.25) is 0 Å². The third-order valence-corrected chi connectivity index (χ3v) is 4.75. The number of benzene rings is 2. The Balaban J connectivity index is 1.95.